The molecular formula is C18H20N6OS. The normalized spacial score (nSPS) is 14.7. The summed E-state index contributed by atoms with van der Waals surface area (Å²) in [6, 6.07) is 10.2. The lowest BCUT2D eigenvalue weighted by Gasteiger charge is -2.12. The van der Waals surface area contributed by atoms with Crippen LogP contribution < -0.4 is 10.6 Å². The van der Waals surface area contributed by atoms with Gasteiger partial charge in [-0.05, 0) is 12.0 Å². The first-order valence-electron chi connectivity index (χ1n) is 8.72. The van der Waals surface area contributed by atoms with Gasteiger partial charge in [0.05, 0.1) is 0 Å². The van der Waals surface area contributed by atoms with Crippen LogP contribution in [0.15, 0.2) is 30.3 Å². The Morgan fingerprint density at radius 1 is 1.31 bits per heavy atom. The Morgan fingerprint density at radius 3 is 2.96 bits per heavy atom. The predicted octanol–water partition coefficient (Wildman–Crippen LogP) is 2.70. The molecule has 1 atom stereocenters. The molecule has 0 fully saturated rings. The fourth-order valence-electron chi connectivity index (χ4n) is 3.23. The number of carbonyl (C=O) groups excluding carboxylic acids is 1. The summed E-state index contributed by atoms with van der Waals surface area (Å²) >= 11 is 1.42. The summed E-state index contributed by atoms with van der Waals surface area (Å²) in [5.41, 5.74) is 3.60. The molecule has 0 aliphatic carbocycles. The zero-order valence-corrected chi connectivity index (χ0v) is 15.3. The van der Waals surface area contributed by atoms with Gasteiger partial charge in [0.15, 0.2) is 5.69 Å². The second-order valence-electron chi connectivity index (χ2n) is 6.23. The monoisotopic (exact) mass is 368 g/mol. The molecule has 1 unspecified atom stereocenters. The first-order valence-corrected chi connectivity index (χ1v) is 9.54. The fraction of sp³-hybridized carbons (Fsp3) is 0.333. The van der Waals surface area contributed by atoms with Crippen LogP contribution >= 0.6 is 11.3 Å². The second-order valence-corrected chi connectivity index (χ2v) is 7.24. The Labute approximate surface area is 155 Å². The highest BCUT2D eigenvalue weighted by atomic mass is 32.1. The molecule has 0 saturated heterocycles. The topological polar surface area (TPSA) is 95.6 Å². The van der Waals surface area contributed by atoms with Gasteiger partial charge in [0, 0.05) is 36.7 Å². The SMILES string of the molecule is CCC(c1ccccc1)c1nnc(NC(=O)c2n[nH]c3c2CNCC3)s1. The lowest BCUT2D eigenvalue weighted by molar-refractivity contribution is 0.102. The van der Waals surface area contributed by atoms with Gasteiger partial charge in [0.25, 0.3) is 5.91 Å². The Hall–Kier alpha value is -2.58. The first kappa shape index (κ1) is 16.9. The largest absolute Gasteiger partial charge is 0.312 e. The van der Waals surface area contributed by atoms with E-state index in [4.69, 9.17) is 0 Å². The van der Waals surface area contributed by atoms with E-state index in [2.05, 4.69) is 50.1 Å². The lowest BCUT2D eigenvalue weighted by atomic mass is 9.97. The number of fused-ring (bicyclic) bond motifs is 1. The third kappa shape index (κ3) is 3.25. The van der Waals surface area contributed by atoms with E-state index in [1.54, 1.807) is 0 Å². The molecule has 8 heteroatoms. The predicted molar refractivity (Wildman–Crippen MR) is 100 cm³/mol. The van der Waals surface area contributed by atoms with Crippen LogP contribution in [-0.4, -0.2) is 32.8 Å². The fourth-order valence-corrected chi connectivity index (χ4v) is 4.18. The van der Waals surface area contributed by atoms with Crippen molar-refractivity contribution in [3.05, 3.63) is 57.9 Å². The summed E-state index contributed by atoms with van der Waals surface area (Å²) in [5, 5.41) is 23.1. The molecule has 3 heterocycles. The van der Waals surface area contributed by atoms with E-state index < -0.39 is 0 Å². The summed E-state index contributed by atoms with van der Waals surface area (Å²) in [6.45, 7) is 3.68. The van der Waals surface area contributed by atoms with Crippen LogP contribution in [0.1, 0.15) is 51.6 Å². The molecule has 2 aromatic heterocycles. The van der Waals surface area contributed by atoms with E-state index >= 15 is 0 Å². The number of nitrogens with zero attached hydrogens (tertiary/aromatic N) is 3. The molecule has 1 aliphatic heterocycles. The van der Waals surface area contributed by atoms with Crippen molar-refractivity contribution >= 4 is 22.4 Å². The minimum atomic E-state index is -0.248. The van der Waals surface area contributed by atoms with Crippen LogP contribution in [0.2, 0.25) is 0 Å². The van der Waals surface area contributed by atoms with Crippen LogP contribution in [0, 0.1) is 0 Å². The average molecular weight is 368 g/mol. The van der Waals surface area contributed by atoms with Crippen molar-refractivity contribution in [1.82, 2.24) is 25.7 Å². The van der Waals surface area contributed by atoms with Gasteiger partial charge >= 0.3 is 0 Å². The van der Waals surface area contributed by atoms with Crippen LogP contribution in [0.3, 0.4) is 0 Å². The standard InChI is InChI=1S/C18H20N6OS/c1-2-12(11-6-4-3-5-7-11)17-23-24-18(26-17)20-16(25)15-13-10-19-9-8-14(13)21-22-15/h3-7,12,19H,2,8-10H2,1H3,(H,21,22)(H,20,24,25). The number of benzene rings is 1. The third-order valence-electron chi connectivity index (χ3n) is 4.59. The summed E-state index contributed by atoms with van der Waals surface area (Å²) in [6.07, 6.45) is 1.78. The molecule has 1 aromatic carbocycles. The Balaban J connectivity index is 1.51. The molecule has 0 bridgehead atoms. The molecule has 1 amide bonds. The molecular weight excluding hydrogens is 348 g/mol. The Kier molecular flexibility index (Phi) is 4.77. The summed E-state index contributed by atoms with van der Waals surface area (Å²) in [4.78, 5) is 12.6. The van der Waals surface area contributed by atoms with Crippen molar-refractivity contribution in [2.45, 2.75) is 32.2 Å². The van der Waals surface area contributed by atoms with Crippen molar-refractivity contribution in [1.29, 1.82) is 0 Å². The highest BCUT2D eigenvalue weighted by molar-refractivity contribution is 7.15. The highest BCUT2D eigenvalue weighted by Crippen LogP contribution is 2.31. The van der Waals surface area contributed by atoms with Gasteiger partial charge in [0.1, 0.15) is 5.01 Å². The molecule has 0 saturated carbocycles. The maximum absolute atomic E-state index is 12.6. The average Bonchev–Trinajstić information content (AvgIpc) is 3.30. The number of aromatic nitrogens is 4. The summed E-state index contributed by atoms with van der Waals surface area (Å²) in [5.74, 6) is -0.0663. The van der Waals surface area contributed by atoms with Crippen molar-refractivity contribution < 1.29 is 4.79 Å². The minimum absolute atomic E-state index is 0.182. The number of anilines is 1. The number of H-pyrrole nitrogens is 1. The zero-order chi connectivity index (χ0) is 17.9. The maximum Gasteiger partial charge on any atom is 0.278 e. The molecule has 7 nitrogen and oxygen atoms in total. The molecule has 26 heavy (non-hydrogen) atoms. The van der Waals surface area contributed by atoms with Crippen LogP contribution in [-0.2, 0) is 13.0 Å². The van der Waals surface area contributed by atoms with E-state index in [1.165, 1.54) is 16.9 Å². The van der Waals surface area contributed by atoms with Gasteiger partial charge in [-0.1, -0.05) is 48.6 Å². The quantitative estimate of drug-likeness (QED) is 0.643. The molecule has 1 aliphatic rings. The maximum atomic E-state index is 12.6. The molecule has 134 valence electrons. The molecule has 3 N–H and O–H groups in total. The van der Waals surface area contributed by atoms with Crippen molar-refractivity contribution in [3.63, 3.8) is 0 Å². The number of amides is 1. The van der Waals surface area contributed by atoms with E-state index in [9.17, 15) is 4.79 Å². The van der Waals surface area contributed by atoms with Gasteiger partial charge in [-0.2, -0.15) is 5.10 Å². The van der Waals surface area contributed by atoms with Gasteiger partial charge in [-0.3, -0.25) is 15.2 Å². The second kappa shape index (κ2) is 7.35. The number of nitrogens with one attached hydrogen (secondary N) is 3. The van der Waals surface area contributed by atoms with Crippen LogP contribution in [0.5, 0.6) is 0 Å². The van der Waals surface area contributed by atoms with E-state index in [-0.39, 0.29) is 11.8 Å². The van der Waals surface area contributed by atoms with Gasteiger partial charge in [0.2, 0.25) is 5.13 Å². The van der Waals surface area contributed by atoms with Gasteiger partial charge in [-0.25, -0.2) is 0 Å². The van der Waals surface area contributed by atoms with Gasteiger partial charge < -0.3 is 5.32 Å². The highest BCUT2D eigenvalue weighted by Gasteiger charge is 2.23. The number of carbonyl (C=O) groups is 1. The molecule has 3 aromatic rings. The van der Waals surface area contributed by atoms with Crippen molar-refractivity contribution in [2.24, 2.45) is 0 Å². The summed E-state index contributed by atoms with van der Waals surface area (Å²) in [7, 11) is 0. The first-order chi connectivity index (χ1) is 12.8. The van der Waals surface area contributed by atoms with Crippen LogP contribution in [0.25, 0.3) is 0 Å². The molecule has 0 radical (unpaired) electrons. The third-order valence-corrected chi connectivity index (χ3v) is 5.54. The Bertz CT molecular complexity index is 904. The number of hydrogen-bond acceptors (Lipinski definition) is 6. The number of rotatable bonds is 5. The van der Waals surface area contributed by atoms with E-state index in [0.717, 1.165) is 35.7 Å². The number of aromatic amines is 1. The van der Waals surface area contributed by atoms with Gasteiger partial charge in [-0.15, -0.1) is 10.2 Å². The van der Waals surface area contributed by atoms with E-state index in [0.29, 0.717) is 17.4 Å². The lowest BCUT2D eigenvalue weighted by Crippen LogP contribution is -2.25. The molecule has 0 spiro atoms. The van der Waals surface area contributed by atoms with Crippen LogP contribution in [0.4, 0.5) is 5.13 Å². The summed E-state index contributed by atoms with van der Waals surface area (Å²) < 4.78 is 0. The minimum Gasteiger partial charge on any atom is -0.312 e. The van der Waals surface area contributed by atoms with E-state index in [1.807, 2.05) is 18.2 Å². The Morgan fingerprint density at radius 2 is 2.15 bits per heavy atom. The smallest absolute Gasteiger partial charge is 0.278 e. The molecule has 4 rings (SSSR count). The van der Waals surface area contributed by atoms with Crippen molar-refractivity contribution in [2.75, 3.05) is 11.9 Å². The number of hydrogen-bond donors (Lipinski definition) is 3. The zero-order valence-electron chi connectivity index (χ0n) is 14.5. The van der Waals surface area contributed by atoms with Crippen molar-refractivity contribution in [3.8, 4) is 0 Å².